The Morgan fingerprint density at radius 1 is 1.19 bits per heavy atom. The molecule has 0 amide bonds. The third kappa shape index (κ3) is 2.67. The highest BCUT2D eigenvalue weighted by Gasteiger charge is 2.17. The first-order valence-corrected chi connectivity index (χ1v) is 7.26. The third-order valence-corrected chi connectivity index (χ3v) is 4.86. The Hall–Kier alpha value is 0.1000. The van der Waals surface area contributed by atoms with E-state index >= 15 is 0 Å². The topological polar surface area (TPSA) is 0 Å². The van der Waals surface area contributed by atoms with Crippen LogP contribution in [0, 0.1) is 5.82 Å². The van der Waals surface area contributed by atoms with Crippen molar-refractivity contribution in [2.75, 3.05) is 0 Å². The molecule has 0 radical (unpaired) electrons. The fraction of sp³-hybridized carbons (Fsp3) is 0.0909. The van der Waals surface area contributed by atoms with Gasteiger partial charge in [-0.15, -0.1) is 22.9 Å². The van der Waals surface area contributed by atoms with Gasteiger partial charge in [0.2, 0.25) is 0 Å². The number of alkyl halides is 1. The zero-order valence-corrected chi connectivity index (χ0v) is 12.6. The van der Waals surface area contributed by atoms with E-state index in [0.29, 0.717) is 10.0 Å². The predicted molar refractivity (Wildman–Crippen MR) is 73.8 cm³/mol. The first-order chi connectivity index (χ1) is 7.58. The minimum absolute atomic E-state index is 0.293. The van der Waals surface area contributed by atoms with Gasteiger partial charge >= 0.3 is 0 Å². The molecule has 0 spiro atoms. The largest absolute Gasteiger partial charge is 0.207 e. The van der Waals surface area contributed by atoms with Crippen molar-refractivity contribution < 1.29 is 4.39 Å². The minimum atomic E-state index is -0.440. The zero-order valence-electron chi connectivity index (χ0n) is 7.88. The average molecular weight is 384 g/mol. The molecule has 16 heavy (non-hydrogen) atoms. The second-order valence-corrected chi connectivity index (χ2v) is 7.02. The highest BCUT2D eigenvalue weighted by Crippen LogP contribution is 2.37. The highest BCUT2D eigenvalue weighted by molar-refractivity contribution is 9.11. The molecule has 0 aliphatic heterocycles. The van der Waals surface area contributed by atoms with Gasteiger partial charge in [0.1, 0.15) is 5.82 Å². The quantitative estimate of drug-likeness (QED) is 0.579. The summed E-state index contributed by atoms with van der Waals surface area (Å²) < 4.78 is 15.4. The van der Waals surface area contributed by atoms with Gasteiger partial charge in [0.05, 0.1) is 9.16 Å². The van der Waals surface area contributed by atoms with Crippen molar-refractivity contribution in [3.05, 3.63) is 54.8 Å². The molecule has 1 aromatic carbocycles. The van der Waals surface area contributed by atoms with Gasteiger partial charge in [-0.05, 0) is 40.2 Å². The Balaban J connectivity index is 2.37. The fourth-order valence-corrected chi connectivity index (χ4v) is 3.46. The van der Waals surface area contributed by atoms with E-state index in [1.165, 1.54) is 17.4 Å². The van der Waals surface area contributed by atoms with Gasteiger partial charge in [-0.2, -0.15) is 0 Å². The summed E-state index contributed by atoms with van der Waals surface area (Å²) in [7, 11) is 0. The van der Waals surface area contributed by atoms with Crippen molar-refractivity contribution in [3.8, 4) is 0 Å². The van der Waals surface area contributed by atoms with Crippen LogP contribution in [-0.4, -0.2) is 0 Å². The molecular weight excluding hydrogens is 378 g/mol. The Kier molecular flexibility index (Phi) is 4.06. The van der Waals surface area contributed by atoms with Gasteiger partial charge in [0, 0.05) is 14.9 Å². The Bertz CT molecular complexity index is 512. The second kappa shape index (κ2) is 5.17. The molecule has 0 bridgehead atoms. The van der Waals surface area contributed by atoms with Crippen molar-refractivity contribution >= 4 is 54.8 Å². The van der Waals surface area contributed by atoms with E-state index in [0.717, 1.165) is 8.66 Å². The molecule has 0 saturated carbocycles. The Morgan fingerprint density at radius 3 is 2.50 bits per heavy atom. The molecule has 1 aromatic heterocycles. The molecular formula is C11H6Br2ClFS. The van der Waals surface area contributed by atoms with Crippen LogP contribution < -0.4 is 0 Å². The van der Waals surface area contributed by atoms with E-state index in [1.54, 1.807) is 12.1 Å². The van der Waals surface area contributed by atoms with Crippen molar-refractivity contribution in [1.82, 2.24) is 0 Å². The normalized spacial score (nSPS) is 12.8. The van der Waals surface area contributed by atoms with Crippen molar-refractivity contribution in [2.24, 2.45) is 0 Å². The lowest BCUT2D eigenvalue weighted by atomic mass is 10.1. The SMILES string of the molecule is Fc1cc(Br)ccc1C(Cl)c1ccc(Br)s1. The van der Waals surface area contributed by atoms with Gasteiger partial charge < -0.3 is 0 Å². The van der Waals surface area contributed by atoms with Gasteiger partial charge in [0.15, 0.2) is 0 Å². The van der Waals surface area contributed by atoms with Crippen LogP contribution in [-0.2, 0) is 0 Å². The summed E-state index contributed by atoms with van der Waals surface area (Å²) in [5.74, 6) is -0.293. The average Bonchev–Trinajstić information content (AvgIpc) is 2.64. The van der Waals surface area contributed by atoms with Crippen molar-refractivity contribution in [2.45, 2.75) is 5.38 Å². The molecule has 0 fully saturated rings. The van der Waals surface area contributed by atoms with Crippen LogP contribution >= 0.6 is 54.8 Å². The molecule has 0 aliphatic carbocycles. The number of benzene rings is 1. The van der Waals surface area contributed by atoms with Crippen LogP contribution in [0.25, 0.3) is 0 Å². The first kappa shape index (κ1) is 12.6. The molecule has 2 rings (SSSR count). The zero-order chi connectivity index (χ0) is 11.7. The molecule has 0 saturated heterocycles. The summed E-state index contributed by atoms with van der Waals surface area (Å²) in [4.78, 5) is 0.926. The fourth-order valence-electron chi connectivity index (χ4n) is 1.32. The summed E-state index contributed by atoms with van der Waals surface area (Å²) in [5.41, 5.74) is 0.499. The maximum Gasteiger partial charge on any atom is 0.129 e. The molecule has 5 heteroatoms. The lowest BCUT2D eigenvalue weighted by Gasteiger charge is -2.09. The van der Waals surface area contributed by atoms with E-state index in [1.807, 2.05) is 12.1 Å². The van der Waals surface area contributed by atoms with Crippen molar-refractivity contribution in [3.63, 3.8) is 0 Å². The van der Waals surface area contributed by atoms with E-state index in [9.17, 15) is 4.39 Å². The molecule has 0 nitrogen and oxygen atoms in total. The van der Waals surface area contributed by atoms with E-state index < -0.39 is 5.38 Å². The summed E-state index contributed by atoms with van der Waals surface area (Å²) >= 11 is 14.3. The molecule has 1 unspecified atom stereocenters. The molecule has 1 atom stereocenters. The summed E-state index contributed by atoms with van der Waals surface area (Å²) in [6.07, 6.45) is 0. The Labute approximate surface area is 119 Å². The van der Waals surface area contributed by atoms with Crippen molar-refractivity contribution in [1.29, 1.82) is 0 Å². The predicted octanol–water partition coefficient (Wildman–Crippen LogP) is 5.74. The van der Waals surface area contributed by atoms with Gasteiger partial charge in [-0.1, -0.05) is 22.0 Å². The standard InChI is InChI=1S/C11H6Br2ClFS/c12-6-1-2-7(8(15)5-6)11(14)9-3-4-10(13)16-9/h1-5,11H. The Morgan fingerprint density at radius 2 is 1.94 bits per heavy atom. The van der Waals surface area contributed by atoms with Crippen LogP contribution in [0.5, 0.6) is 0 Å². The number of halogens is 4. The summed E-state index contributed by atoms with van der Waals surface area (Å²) in [5, 5.41) is -0.440. The number of rotatable bonds is 2. The maximum atomic E-state index is 13.7. The summed E-state index contributed by atoms with van der Waals surface area (Å²) in [6, 6.07) is 8.72. The molecule has 0 N–H and O–H groups in total. The third-order valence-electron chi connectivity index (χ3n) is 2.08. The van der Waals surface area contributed by atoms with Crippen LogP contribution in [0.15, 0.2) is 38.6 Å². The number of thiophene rings is 1. The maximum absolute atomic E-state index is 13.7. The van der Waals surface area contributed by atoms with E-state index in [-0.39, 0.29) is 5.82 Å². The first-order valence-electron chi connectivity index (χ1n) is 4.42. The van der Waals surface area contributed by atoms with Crippen LogP contribution in [0.3, 0.4) is 0 Å². The molecule has 0 aliphatic rings. The van der Waals surface area contributed by atoms with Crippen LogP contribution in [0.4, 0.5) is 4.39 Å². The lowest BCUT2D eigenvalue weighted by molar-refractivity contribution is 0.612. The van der Waals surface area contributed by atoms with Gasteiger partial charge in [0.25, 0.3) is 0 Å². The lowest BCUT2D eigenvalue weighted by Crippen LogP contribution is -1.94. The van der Waals surface area contributed by atoms with Crippen LogP contribution in [0.2, 0.25) is 0 Å². The highest BCUT2D eigenvalue weighted by atomic mass is 79.9. The van der Waals surface area contributed by atoms with Gasteiger partial charge in [-0.3, -0.25) is 0 Å². The second-order valence-electron chi connectivity index (χ2n) is 3.17. The minimum Gasteiger partial charge on any atom is -0.207 e. The van der Waals surface area contributed by atoms with E-state index in [2.05, 4.69) is 31.9 Å². The number of hydrogen-bond acceptors (Lipinski definition) is 1. The smallest absolute Gasteiger partial charge is 0.129 e. The molecule has 2 aromatic rings. The molecule has 1 heterocycles. The van der Waals surface area contributed by atoms with E-state index in [4.69, 9.17) is 11.6 Å². The molecule has 84 valence electrons. The van der Waals surface area contributed by atoms with Crippen LogP contribution in [0.1, 0.15) is 15.8 Å². The monoisotopic (exact) mass is 382 g/mol. The number of hydrogen-bond donors (Lipinski definition) is 0. The van der Waals surface area contributed by atoms with Gasteiger partial charge in [-0.25, -0.2) is 4.39 Å². The summed E-state index contributed by atoms with van der Waals surface area (Å²) in [6.45, 7) is 0.